The number of anilines is 1. The number of carbonyl (C=O) groups excluding carboxylic acids is 1. The SMILES string of the molecule is COc1ccc(CCNC(=O)C2Cc3ccc(OC)cc3N3CCOCC23)cc1. The van der Waals surface area contributed by atoms with Gasteiger partial charge in [0.1, 0.15) is 11.5 Å². The predicted octanol–water partition coefficient (Wildman–Crippen LogP) is 2.44. The maximum atomic E-state index is 13.0. The van der Waals surface area contributed by atoms with E-state index in [0.29, 0.717) is 19.8 Å². The number of hydrogen-bond donors (Lipinski definition) is 1. The molecule has 0 bridgehead atoms. The number of morpholine rings is 1. The van der Waals surface area contributed by atoms with Gasteiger partial charge in [-0.15, -0.1) is 0 Å². The Balaban J connectivity index is 1.43. The van der Waals surface area contributed by atoms with Gasteiger partial charge in [-0.05, 0) is 42.2 Å². The molecule has 2 aromatic rings. The Bertz CT molecular complexity index is 852. The number of carbonyl (C=O) groups is 1. The summed E-state index contributed by atoms with van der Waals surface area (Å²) >= 11 is 0. The molecule has 0 spiro atoms. The van der Waals surface area contributed by atoms with Crippen LogP contribution < -0.4 is 19.7 Å². The highest BCUT2D eigenvalue weighted by molar-refractivity contribution is 5.82. The van der Waals surface area contributed by atoms with Crippen molar-refractivity contribution in [3.63, 3.8) is 0 Å². The average Bonchev–Trinajstić information content (AvgIpc) is 2.78. The van der Waals surface area contributed by atoms with Crippen molar-refractivity contribution in [1.29, 1.82) is 0 Å². The second-order valence-corrected chi connectivity index (χ2v) is 7.53. The Hall–Kier alpha value is -2.73. The fraction of sp³-hybridized carbons (Fsp3) is 0.435. The Kier molecular flexibility index (Phi) is 5.90. The molecule has 2 aromatic carbocycles. The van der Waals surface area contributed by atoms with Gasteiger partial charge in [-0.25, -0.2) is 0 Å². The van der Waals surface area contributed by atoms with Crippen molar-refractivity contribution in [3.8, 4) is 11.5 Å². The van der Waals surface area contributed by atoms with Crippen LogP contribution in [0.15, 0.2) is 42.5 Å². The molecule has 0 radical (unpaired) electrons. The lowest BCUT2D eigenvalue weighted by Crippen LogP contribution is -2.56. The lowest BCUT2D eigenvalue weighted by molar-refractivity contribution is -0.126. The van der Waals surface area contributed by atoms with Crippen molar-refractivity contribution in [2.45, 2.75) is 18.9 Å². The maximum Gasteiger partial charge on any atom is 0.225 e. The summed E-state index contributed by atoms with van der Waals surface area (Å²) in [4.78, 5) is 15.4. The summed E-state index contributed by atoms with van der Waals surface area (Å²) < 4.78 is 16.3. The van der Waals surface area contributed by atoms with E-state index in [9.17, 15) is 4.79 Å². The minimum Gasteiger partial charge on any atom is -0.497 e. The molecule has 1 fully saturated rings. The minimum atomic E-state index is -0.118. The first-order valence-corrected chi connectivity index (χ1v) is 10.1. The van der Waals surface area contributed by atoms with Gasteiger partial charge in [0, 0.05) is 24.8 Å². The molecule has 6 nitrogen and oxygen atoms in total. The van der Waals surface area contributed by atoms with Crippen molar-refractivity contribution >= 4 is 11.6 Å². The molecule has 2 heterocycles. The molecule has 0 saturated carbocycles. The fourth-order valence-corrected chi connectivity index (χ4v) is 4.26. The summed E-state index contributed by atoms with van der Waals surface area (Å²) in [5, 5.41) is 3.14. The van der Waals surface area contributed by atoms with Gasteiger partial charge in [-0.3, -0.25) is 4.79 Å². The number of nitrogens with zero attached hydrogens (tertiary/aromatic N) is 1. The third-order valence-corrected chi connectivity index (χ3v) is 5.88. The van der Waals surface area contributed by atoms with Crippen LogP contribution in [0.4, 0.5) is 5.69 Å². The zero-order valence-corrected chi connectivity index (χ0v) is 17.0. The number of benzene rings is 2. The first-order chi connectivity index (χ1) is 14.2. The third-order valence-electron chi connectivity index (χ3n) is 5.88. The fourth-order valence-electron chi connectivity index (χ4n) is 4.26. The number of nitrogens with one attached hydrogen (secondary N) is 1. The van der Waals surface area contributed by atoms with E-state index in [1.54, 1.807) is 14.2 Å². The van der Waals surface area contributed by atoms with Gasteiger partial charge in [0.2, 0.25) is 5.91 Å². The van der Waals surface area contributed by atoms with Crippen LogP contribution in [0.3, 0.4) is 0 Å². The third kappa shape index (κ3) is 4.17. The van der Waals surface area contributed by atoms with Crippen LogP contribution >= 0.6 is 0 Å². The molecule has 29 heavy (non-hydrogen) atoms. The summed E-state index contributed by atoms with van der Waals surface area (Å²) in [6.45, 7) is 2.66. The van der Waals surface area contributed by atoms with Crippen LogP contribution in [-0.4, -0.2) is 52.5 Å². The van der Waals surface area contributed by atoms with Gasteiger partial charge < -0.3 is 24.4 Å². The van der Waals surface area contributed by atoms with Crippen molar-refractivity contribution < 1.29 is 19.0 Å². The molecule has 0 aliphatic carbocycles. The number of amides is 1. The van der Waals surface area contributed by atoms with E-state index in [0.717, 1.165) is 30.9 Å². The monoisotopic (exact) mass is 396 g/mol. The highest BCUT2D eigenvalue weighted by Crippen LogP contribution is 2.37. The highest BCUT2D eigenvalue weighted by Gasteiger charge is 2.40. The van der Waals surface area contributed by atoms with Gasteiger partial charge >= 0.3 is 0 Å². The summed E-state index contributed by atoms with van der Waals surface area (Å²) in [6, 6.07) is 14.1. The van der Waals surface area contributed by atoms with Gasteiger partial charge in [0.05, 0.1) is 39.4 Å². The minimum absolute atomic E-state index is 0.0596. The molecule has 1 saturated heterocycles. The smallest absolute Gasteiger partial charge is 0.225 e. The van der Waals surface area contributed by atoms with E-state index >= 15 is 0 Å². The Morgan fingerprint density at radius 3 is 2.66 bits per heavy atom. The van der Waals surface area contributed by atoms with E-state index in [1.165, 1.54) is 16.8 Å². The van der Waals surface area contributed by atoms with Crippen LogP contribution in [0, 0.1) is 5.92 Å². The summed E-state index contributed by atoms with van der Waals surface area (Å²) in [7, 11) is 3.34. The van der Waals surface area contributed by atoms with E-state index < -0.39 is 0 Å². The Labute approximate surface area is 171 Å². The first-order valence-electron chi connectivity index (χ1n) is 10.1. The molecule has 1 amide bonds. The van der Waals surface area contributed by atoms with Crippen LogP contribution in [0.25, 0.3) is 0 Å². The van der Waals surface area contributed by atoms with Crippen LogP contribution in [0.2, 0.25) is 0 Å². The molecule has 0 aromatic heterocycles. The summed E-state index contributed by atoms with van der Waals surface area (Å²) in [5.74, 6) is 1.66. The first kappa shape index (κ1) is 19.6. The standard InChI is InChI=1S/C23H28N2O4/c1-27-18-6-3-16(4-7-18)9-10-24-23(26)20-13-17-5-8-19(28-2)14-21(17)25-11-12-29-15-22(20)25/h3-8,14,20,22H,9-13,15H2,1-2H3,(H,24,26). The molecule has 2 aliphatic rings. The van der Waals surface area contributed by atoms with E-state index in [1.807, 2.05) is 30.3 Å². The Morgan fingerprint density at radius 2 is 1.90 bits per heavy atom. The van der Waals surface area contributed by atoms with Crippen molar-refractivity contribution in [2.75, 3.05) is 45.4 Å². The molecule has 2 atom stereocenters. The lowest BCUT2D eigenvalue weighted by atomic mass is 9.84. The number of methoxy groups -OCH3 is 2. The van der Waals surface area contributed by atoms with Crippen molar-refractivity contribution in [1.82, 2.24) is 5.32 Å². The summed E-state index contributed by atoms with van der Waals surface area (Å²) in [6.07, 6.45) is 1.51. The Morgan fingerprint density at radius 1 is 1.14 bits per heavy atom. The van der Waals surface area contributed by atoms with Gasteiger partial charge in [0.25, 0.3) is 0 Å². The molecule has 4 rings (SSSR count). The number of fused-ring (bicyclic) bond motifs is 3. The normalized spacial score (nSPS) is 20.4. The largest absolute Gasteiger partial charge is 0.497 e. The maximum absolute atomic E-state index is 13.0. The van der Waals surface area contributed by atoms with E-state index in [4.69, 9.17) is 14.2 Å². The molecule has 2 unspecified atom stereocenters. The van der Waals surface area contributed by atoms with Crippen LogP contribution in [0.1, 0.15) is 11.1 Å². The van der Waals surface area contributed by atoms with Gasteiger partial charge in [0.15, 0.2) is 0 Å². The second kappa shape index (κ2) is 8.74. The van der Waals surface area contributed by atoms with Gasteiger partial charge in [-0.2, -0.15) is 0 Å². The van der Waals surface area contributed by atoms with E-state index in [-0.39, 0.29) is 17.9 Å². The molecule has 1 N–H and O–H groups in total. The van der Waals surface area contributed by atoms with Crippen LogP contribution in [0.5, 0.6) is 11.5 Å². The number of hydrogen-bond acceptors (Lipinski definition) is 5. The molecule has 6 heteroatoms. The van der Waals surface area contributed by atoms with Crippen LogP contribution in [-0.2, 0) is 22.4 Å². The highest BCUT2D eigenvalue weighted by atomic mass is 16.5. The van der Waals surface area contributed by atoms with Crippen molar-refractivity contribution in [2.24, 2.45) is 5.92 Å². The number of ether oxygens (including phenoxy) is 3. The predicted molar refractivity (Wildman–Crippen MR) is 112 cm³/mol. The molecule has 154 valence electrons. The zero-order valence-electron chi connectivity index (χ0n) is 17.0. The quantitative estimate of drug-likeness (QED) is 0.813. The molecule has 2 aliphatic heterocycles. The van der Waals surface area contributed by atoms with E-state index in [2.05, 4.69) is 22.3 Å². The molecular formula is C23H28N2O4. The zero-order chi connectivity index (χ0) is 20.2. The lowest BCUT2D eigenvalue weighted by Gasteiger charge is -2.45. The van der Waals surface area contributed by atoms with Gasteiger partial charge in [-0.1, -0.05) is 18.2 Å². The summed E-state index contributed by atoms with van der Waals surface area (Å²) in [5.41, 5.74) is 3.54. The topological polar surface area (TPSA) is 60.0 Å². The average molecular weight is 396 g/mol. The van der Waals surface area contributed by atoms with Crippen molar-refractivity contribution in [3.05, 3.63) is 53.6 Å². The molecular weight excluding hydrogens is 368 g/mol. The second-order valence-electron chi connectivity index (χ2n) is 7.53. The number of rotatable bonds is 6.